The van der Waals surface area contributed by atoms with Gasteiger partial charge in [0.15, 0.2) is 0 Å². The Kier molecular flexibility index (Phi) is 6.19. The van der Waals surface area contributed by atoms with E-state index in [9.17, 15) is 9.59 Å². The fourth-order valence-corrected chi connectivity index (χ4v) is 3.01. The van der Waals surface area contributed by atoms with Crippen LogP contribution in [0.1, 0.15) is 23.2 Å². The van der Waals surface area contributed by atoms with Crippen molar-refractivity contribution in [3.8, 4) is 5.75 Å². The van der Waals surface area contributed by atoms with E-state index in [1.54, 1.807) is 49.8 Å². The van der Waals surface area contributed by atoms with Crippen LogP contribution in [-0.4, -0.2) is 54.6 Å². The average molecular weight is 369 g/mol. The summed E-state index contributed by atoms with van der Waals surface area (Å²) >= 11 is 0. The lowest BCUT2D eigenvalue weighted by molar-refractivity contribution is -0.120. The van der Waals surface area contributed by atoms with Crippen LogP contribution in [0.3, 0.4) is 0 Å². The minimum Gasteiger partial charge on any atom is -0.497 e. The number of hydrogen-bond donors (Lipinski definition) is 2. The number of amides is 2. The molecule has 8 heteroatoms. The van der Waals surface area contributed by atoms with E-state index in [-0.39, 0.29) is 24.4 Å². The molecule has 1 fully saturated rings. The summed E-state index contributed by atoms with van der Waals surface area (Å²) in [5.41, 5.74) is 0.480. The first-order valence-electron chi connectivity index (χ1n) is 8.89. The van der Waals surface area contributed by atoms with Crippen molar-refractivity contribution in [1.82, 2.24) is 20.6 Å². The SMILES string of the molecule is COc1ccc(C(=O)NCC(=O)N[C@H]2CCCN(c3ncccn3)C2)cc1. The summed E-state index contributed by atoms with van der Waals surface area (Å²) in [5, 5.41) is 5.61. The molecule has 3 rings (SSSR count). The summed E-state index contributed by atoms with van der Waals surface area (Å²) in [6, 6.07) is 8.51. The van der Waals surface area contributed by atoms with E-state index in [2.05, 4.69) is 25.5 Å². The Labute approximate surface area is 158 Å². The average Bonchev–Trinajstić information content (AvgIpc) is 2.73. The molecule has 2 aromatic rings. The Morgan fingerprint density at radius 3 is 2.67 bits per heavy atom. The van der Waals surface area contributed by atoms with Gasteiger partial charge in [-0.2, -0.15) is 0 Å². The number of hydrogen-bond acceptors (Lipinski definition) is 6. The van der Waals surface area contributed by atoms with Gasteiger partial charge in [-0.15, -0.1) is 0 Å². The number of ether oxygens (including phenoxy) is 1. The van der Waals surface area contributed by atoms with Crippen molar-refractivity contribution in [1.29, 1.82) is 0 Å². The Hall–Kier alpha value is -3.16. The minimum absolute atomic E-state index is 0.00736. The standard InChI is InChI=1S/C19H23N5O3/c1-27-16-7-5-14(6-8-16)18(26)22-12-17(25)23-15-4-2-11-24(13-15)19-20-9-3-10-21-19/h3,5-10,15H,2,4,11-13H2,1H3,(H,22,26)(H,23,25)/t15-/m0/s1. The highest BCUT2D eigenvalue weighted by atomic mass is 16.5. The molecule has 1 aliphatic rings. The zero-order valence-corrected chi connectivity index (χ0v) is 15.2. The van der Waals surface area contributed by atoms with E-state index in [0.29, 0.717) is 23.8 Å². The molecule has 2 heterocycles. The van der Waals surface area contributed by atoms with Gasteiger partial charge in [0.2, 0.25) is 11.9 Å². The van der Waals surface area contributed by atoms with Gasteiger partial charge < -0.3 is 20.3 Å². The second kappa shape index (κ2) is 8.98. The van der Waals surface area contributed by atoms with Crippen molar-refractivity contribution in [3.05, 3.63) is 48.3 Å². The molecule has 0 bridgehead atoms. The first kappa shape index (κ1) is 18.6. The van der Waals surface area contributed by atoms with Gasteiger partial charge in [-0.25, -0.2) is 9.97 Å². The van der Waals surface area contributed by atoms with Crippen LogP contribution in [0.25, 0.3) is 0 Å². The van der Waals surface area contributed by atoms with Gasteiger partial charge in [-0.05, 0) is 43.2 Å². The van der Waals surface area contributed by atoms with Crippen LogP contribution in [0.5, 0.6) is 5.75 Å². The fraction of sp³-hybridized carbons (Fsp3) is 0.368. The van der Waals surface area contributed by atoms with Crippen LogP contribution in [0.4, 0.5) is 5.95 Å². The maximum Gasteiger partial charge on any atom is 0.251 e. The number of methoxy groups -OCH3 is 1. The van der Waals surface area contributed by atoms with Crippen LogP contribution in [0.2, 0.25) is 0 Å². The first-order chi connectivity index (χ1) is 13.2. The first-order valence-corrected chi connectivity index (χ1v) is 8.89. The van der Waals surface area contributed by atoms with Gasteiger partial charge >= 0.3 is 0 Å². The normalized spacial score (nSPS) is 16.5. The molecule has 1 aromatic carbocycles. The van der Waals surface area contributed by atoms with Crippen molar-refractivity contribution < 1.29 is 14.3 Å². The summed E-state index contributed by atoms with van der Waals surface area (Å²) < 4.78 is 5.06. The van der Waals surface area contributed by atoms with Crippen molar-refractivity contribution in [2.45, 2.75) is 18.9 Å². The molecule has 0 unspecified atom stereocenters. The van der Waals surface area contributed by atoms with Crippen LogP contribution in [0.15, 0.2) is 42.7 Å². The number of rotatable bonds is 6. The van der Waals surface area contributed by atoms with Crippen molar-refractivity contribution in [2.75, 3.05) is 31.6 Å². The van der Waals surface area contributed by atoms with Gasteiger partial charge in [-0.3, -0.25) is 9.59 Å². The van der Waals surface area contributed by atoms with Crippen molar-refractivity contribution in [3.63, 3.8) is 0 Å². The molecular weight excluding hydrogens is 346 g/mol. The number of piperidine rings is 1. The fourth-order valence-electron chi connectivity index (χ4n) is 3.01. The molecule has 8 nitrogen and oxygen atoms in total. The van der Waals surface area contributed by atoms with E-state index in [0.717, 1.165) is 19.4 Å². The molecule has 0 spiro atoms. The van der Waals surface area contributed by atoms with Gasteiger partial charge in [0.1, 0.15) is 5.75 Å². The maximum atomic E-state index is 12.2. The number of anilines is 1. The zero-order chi connectivity index (χ0) is 19.1. The van der Waals surface area contributed by atoms with E-state index in [1.807, 2.05) is 0 Å². The Balaban J connectivity index is 1.46. The number of nitrogens with zero attached hydrogens (tertiary/aromatic N) is 3. The third-order valence-corrected chi connectivity index (χ3v) is 4.38. The quantitative estimate of drug-likeness (QED) is 0.789. The number of carbonyl (C=O) groups excluding carboxylic acids is 2. The van der Waals surface area contributed by atoms with E-state index in [1.165, 1.54) is 0 Å². The summed E-state index contributed by atoms with van der Waals surface area (Å²) in [6.45, 7) is 1.45. The highest BCUT2D eigenvalue weighted by Gasteiger charge is 2.23. The summed E-state index contributed by atoms with van der Waals surface area (Å²) in [7, 11) is 1.57. The highest BCUT2D eigenvalue weighted by Crippen LogP contribution is 2.15. The van der Waals surface area contributed by atoms with E-state index in [4.69, 9.17) is 4.74 Å². The van der Waals surface area contributed by atoms with Crippen LogP contribution >= 0.6 is 0 Å². The molecule has 0 aliphatic carbocycles. The lowest BCUT2D eigenvalue weighted by Gasteiger charge is -2.33. The Bertz CT molecular complexity index is 767. The molecular formula is C19H23N5O3. The molecule has 2 N–H and O–H groups in total. The van der Waals surface area contributed by atoms with E-state index < -0.39 is 0 Å². The van der Waals surface area contributed by atoms with Gasteiger partial charge in [0, 0.05) is 37.1 Å². The second-order valence-electron chi connectivity index (χ2n) is 6.31. The molecule has 142 valence electrons. The smallest absolute Gasteiger partial charge is 0.251 e. The number of benzene rings is 1. The van der Waals surface area contributed by atoms with Crippen LogP contribution < -0.4 is 20.3 Å². The Morgan fingerprint density at radius 1 is 1.22 bits per heavy atom. The zero-order valence-electron chi connectivity index (χ0n) is 15.2. The molecule has 27 heavy (non-hydrogen) atoms. The molecule has 1 aliphatic heterocycles. The van der Waals surface area contributed by atoms with Crippen molar-refractivity contribution in [2.24, 2.45) is 0 Å². The lowest BCUT2D eigenvalue weighted by atomic mass is 10.1. The molecule has 0 saturated carbocycles. The molecule has 1 saturated heterocycles. The molecule has 1 aromatic heterocycles. The summed E-state index contributed by atoms with van der Waals surface area (Å²) in [4.78, 5) is 34.9. The third-order valence-electron chi connectivity index (χ3n) is 4.38. The minimum atomic E-state index is -0.296. The lowest BCUT2D eigenvalue weighted by Crippen LogP contribution is -2.50. The van der Waals surface area contributed by atoms with E-state index >= 15 is 0 Å². The summed E-state index contributed by atoms with van der Waals surface area (Å²) in [5.74, 6) is 0.839. The summed E-state index contributed by atoms with van der Waals surface area (Å²) in [6.07, 6.45) is 5.25. The van der Waals surface area contributed by atoms with Gasteiger partial charge in [-0.1, -0.05) is 0 Å². The number of carbonyl (C=O) groups is 2. The molecule has 0 radical (unpaired) electrons. The second-order valence-corrected chi connectivity index (χ2v) is 6.31. The van der Waals surface area contributed by atoms with Crippen LogP contribution in [0, 0.1) is 0 Å². The van der Waals surface area contributed by atoms with Crippen molar-refractivity contribution >= 4 is 17.8 Å². The Morgan fingerprint density at radius 2 is 1.96 bits per heavy atom. The number of aromatic nitrogens is 2. The highest BCUT2D eigenvalue weighted by molar-refractivity contribution is 5.96. The monoisotopic (exact) mass is 369 g/mol. The van der Waals surface area contributed by atoms with Crippen LogP contribution in [-0.2, 0) is 4.79 Å². The predicted octanol–water partition coefficient (Wildman–Crippen LogP) is 1.00. The number of nitrogens with one attached hydrogen (secondary N) is 2. The predicted molar refractivity (Wildman–Crippen MR) is 101 cm³/mol. The van der Waals surface area contributed by atoms with Gasteiger partial charge in [0.05, 0.1) is 13.7 Å². The topological polar surface area (TPSA) is 96.4 Å². The largest absolute Gasteiger partial charge is 0.497 e. The molecule has 1 atom stereocenters. The third kappa shape index (κ3) is 5.16. The molecule has 2 amide bonds. The maximum absolute atomic E-state index is 12.2. The van der Waals surface area contributed by atoms with Gasteiger partial charge in [0.25, 0.3) is 5.91 Å².